The third-order valence-corrected chi connectivity index (χ3v) is 2.66. The summed E-state index contributed by atoms with van der Waals surface area (Å²) in [7, 11) is 0. The maximum Gasteiger partial charge on any atom is 0.269 e. The SMILES string of the molecule is CC(=O)[C@@H](Cl)[C@@H](O)c1ccc([N+](=O)[O-])cc1. The first kappa shape index (κ1) is 12.6. The Morgan fingerprint density at radius 2 is 1.94 bits per heavy atom. The number of halogens is 1. The van der Waals surface area contributed by atoms with Crippen LogP contribution in [0.1, 0.15) is 18.6 Å². The summed E-state index contributed by atoms with van der Waals surface area (Å²) >= 11 is 5.67. The van der Waals surface area contributed by atoms with E-state index >= 15 is 0 Å². The molecule has 0 bridgehead atoms. The Hall–Kier alpha value is -1.46. The number of ketones is 1. The summed E-state index contributed by atoms with van der Waals surface area (Å²) in [5, 5.41) is 19.0. The van der Waals surface area contributed by atoms with Gasteiger partial charge in [0, 0.05) is 12.1 Å². The molecule has 0 aliphatic heterocycles. The van der Waals surface area contributed by atoms with Gasteiger partial charge in [-0.25, -0.2) is 0 Å². The lowest BCUT2D eigenvalue weighted by Gasteiger charge is -2.14. The van der Waals surface area contributed by atoms with Gasteiger partial charge < -0.3 is 5.11 Å². The number of hydrogen-bond acceptors (Lipinski definition) is 4. The number of nitro benzene ring substituents is 1. The molecule has 0 aromatic heterocycles. The Balaban J connectivity index is 2.89. The largest absolute Gasteiger partial charge is 0.386 e. The maximum atomic E-state index is 10.9. The predicted octanol–water partition coefficient (Wildman–Crippen LogP) is 1.82. The number of benzene rings is 1. The van der Waals surface area contributed by atoms with Gasteiger partial charge in [0.25, 0.3) is 5.69 Å². The van der Waals surface area contributed by atoms with Crippen LogP contribution in [0.15, 0.2) is 24.3 Å². The highest BCUT2D eigenvalue weighted by Crippen LogP contribution is 2.23. The average molecular weight is 244 g/mol. The van der Waals surface area contributed by atoms with E-state index in [1.54, 1.807) is 0 Å². The monoisotopic (exact) mass is 243 g/mol. The van der Waals surface area contributed by atoms with Gasteiger partial charge in [0.1, 0.15) is 11.5 Å². The molecular formula is C10H10ClNO4. The molecule has 0 radical (unpaired) electrons. The van der Waals surface area contributed by atoms with Crippen LogP contribution in [0.2, 0.25) is 0 Å². The summed E-state index contributed by atoms with van der Waals surface area (Å²) in [5.74, 6) is -0.354. The van der Waals surface area contributed by atoms with Crippen LogP contribution in [-0.4, -0.2) is 21.2 Å². The van der Waals surface area contributed by atoms with E-state index in [1.165, 1.54) is 31.2 Å². The number of rotatable bonds is 4. The molecule has 1 aromatic carbocycles. The molecule has 0 heterocycles. The lowest BCUT2D eigenvalue weighted by molar-refractivity contribution is -0.384. The third kappa shape index (κ3) is 2.77. The van der Waals surface area contributed by atoms with E-state index in [2.05, 4.69) is 0 Å². The van der Waals surface area contributed by atoms with Crippen molar-refractivity contribution in [2.24, 2.45) is 0 Å². The fourth-order valence-corrected chi connectivity index (χ4v) is 1.33. The van der Waals surface area contributed by atoms with Crippen LogP contribution in [0.3, 0.4) is 0 Å². The van der Waals surface area contributed by atoms with Crippen LogP contribution < -0.4 is 0 Å². The molecule has 1 N–H and O–H groups in total. The van der Waals surface area contributed by atoms with Crippen molar-refractivity contribution in [3.63, 3.8) is 0 Å². The van der Waals surface area contributed by atoms with E-state index in [4.69, 9.17) is 11.6 Å². The highest BCUT2D eigenvalue weighted by atomic mass is 35.5. The first-order chi connectivity index (χ1) is 7.43. The summed E-state index contributed by atoms with van der Waals surface area (Å²) in [6.45, 7) is 1.27. The zero-order valence-corrected chi connectivity index (χ0v) is 9.22. The normalized spacial score (nSPS) is 14.2. The molecule has 5 nitrogen and oxygen atoms in total. The van der Waals surface area contributed by atoms with Crippen molar-refractivity contribution in [3.8, 4) is 0 Å². The van der Waals surface area contributed by atoms with E-state index in [0.717, 1.165) is 0 Å². The van der Waals surface area contributed by atoms with Crippen molar-refractivity contribution < 1.29 is 14.8 Å². The number of nitro groups is 1. The maximum absolute atomic E-state index is 10.9. The number of carbonyl (C=O) groups excluding carboxylic acids is 1. The minimum atomic E-state index is -1.15. The molecule has 86 valence electrons. The number of non-ortho nitro benzene ring substituents is 1. The van der Waals surface area contributed by atoms with Crippen LogP contribution in [-0.2, 0) is 4.79 Å². The minimum absolute atomic E-state index is 0.0788. The number of hydrogen-bond donors (Lipinski definition) is 1. The zero-order chi connectivity index (χ0) is 12.3. The lowest BCUT2D eigenvalue weighted by Crippen LogP contribution is -2.20. The Morgan fingerprint density at radius 1 is 1.44 bits per heavy atom. The Bertz CT molecular complexity index is 404. The smallest absolute Gasteiger partial charge is 0.269 e. The fraction of sp³-hybridized carbons (Fsp3) is 0.300. The van der Waals surface area contributed by atoms with Crippen LogP contribution in [0, 0.1) is 10.1 Å². The van der Waals surface area contributed by atoms with Gasteiger partial charge in [-0.1, -0.05) is 0 Å². The highest BCUT2D eigenvalue weighted by Gasteiger charge is 2.22. The van der Waals surface area contributed by atoms with Gasteiger partial charge >= 0.3 is 0 Å². The molecule has 1 rings (SSSR count). The zero-order valence-electron chi connectivity index (χ0n) is 8.46. The molecule has 0 unspecified atom stereocenters. The van der Waals surface area contributed by atoms with Gasteiger partial charge in [-0.3, -0.25) is 14.9 Å². The van der Waals surface area contributed by atoms with Crippen molar-refractivity contribution in [2.75, 3.05) is 0 Å². The number of aliphatic hydroxyl groups excluding tert-OH is 1. The second kappa shape index (κ2) is 5.05. The van der Waals surface area contributed by atoms with E-state index in [9.17, 15) is 20.0 Å². The van der Waals surface area contributed by atoms with Crippen LogP contribution in [0.5, 0.6) is 0 Å². The van der Waals surface area contributed by atoms with Gasteiger partial charge in [0.15, 0.2) is 5.78 Å². The standard InChI is InChI=1S/C10H10ClNO4/c1-6(13)9(11)10(14)7-2-4-8(5-3-7)12(15)16/h2-5,9-10,14H,1H3/t9-,10+/m1/s1. The molecule has 2 atom stereocenters. The van der Waals surface area contributed by atoms with E-state index in [1.807, 2.05) is 0 Å². The molecule has 0 saturated heterocycles. The van der Waals surface area contributed by atoms with Gasteiger partial charge in [-0.05, 0) is 24.6 Å². The van der Waals surface area contributed by atoms with Gasteiger partial charge in [-0.15, -0.1) is 11.6 Å². The van der Waals surface area contributed by atoms with Gasteiger partial charge in [0.05, 0.1) is 4.92 Å². The number of carbonyl (C=O) groups is 1. The molecule has 1 aromatic rings. The minimum Gasteiger partial charge on any atom is -0.386 e. The summed E-state index contributed by atoms with van der Waals surface area (Å²) in [4.78, 5) is 20.8. The second-order valence-corrected chi connectivity index (χ2v) is 3.78. The van der Waals surface area contributed by atoms with Crippen molar-refractivity contribution >= 4 is 23.1 Å². The van der Waals surface area contributed by atoms with Crippen molar-refractivity contribution in [1.82, 2.24) is 0 Å². The molecular weight excluding hydrogens is 234 g/mol. The van der Waals surface area contributed by atoms with E-state index in [-0.39, 0.29) is 11.5 Å². The molecule has 0 amide bonds. The van der Waals surface area contributed by atoms with Gasteiger partial charge in [-0.2, -0.15) is 0 Å². The number of alkyl halides is 1. The number of aliphatic hydroxyl groups is 1. The fourth-order valence-electron chi connectivity index (χ4n) is 1.18. The summed E-state index contributed by atoms with van der Waals surface area (Å²) < 4.78 is 0. The second-order valence-electron chi connectivity index (χ2n) is 3.31. The highest BCUT2D eigenvalue weighted by molar-refractivity contribution is 6.31. The third-order valence-electron chi connectivity index (χ3n) is 2.11. The Morgan fingerprint density at radius 3 is 2.31 bits per heavy atom. The molecule has 0 fully saturated rings. The molecule has 0 saturated carbocycles. The topological polar surface area (TPSA) is 80.4 Å². The Kier molecular flexibility index (Phi) is 3.98. The number of nitrogens with zero attached hydrogens (tertiary/aromatic N) is 1. The van der Waals surface area contributed by atoms with Crippen LogP contribution in [0.4, 0.5) is 5.69 Å². The first-order valence-electron chi connectivity index (χ1n) is 4.50. The summed E-state index contributed by atoms with van der Waals surface area (Å²) in [5.41, 5.74) is 0.297. The molecule has 0 aliphatic rings. The van der Waals surface area contributed by atoms with Gasteiger partial charge in [0.2, 0.25) is 0 Å². The van der Waals surface area contributed by atoms with Crippen molar-refractivity contribution in [3.05, 3.63) is 39.9 Å². The molecule has 16 heavy (non-hydrogen) atoms. The molecule has 6 heteroatoms. The Labute approximate surface area is 96.8 Å². The lowest BCUT2D eigenvalue weighted by atomic mass is 10.0. The van der Waals surface area contributed by atoms with Crippen LogP contribution in [0.25, 0.3) is 0 Å². The average Bonchev–Trinajstić information content (AvgIpc) is 2.27. The summed E-state index contributed by atoms with van der Waals surface area (Å²) in [6, 6.07) is 5.26. The van der Waals surface area contributed by atoms with Crippen molar-refractivity contribution in [2.45, 2.75) is 18.4 Å². The quantitative estimate of drug-likeness (QED) is 0.497. The van der Waals surface area contributed by atoms with E-state index in [0.29, 0.717) is 5.56 Å². The van der Waals surface area contributed by atoms with Crippen molar-refractivity contribution in [1.29, 1.82) is 0 Å². The first-order valence-corrected chi connectivity index (χ1v) is 4.94. The molecule has 0 aliphatic carbocycles. The predicted molar refractivity (Wildman–Crippen MR) is 58.4 cm³/mol. The summed E-state index contributed by atoms with van der Waals surface area (Å²) in [6.07, 6.45) is -1.15. The van der Waals surface area contributed by atoms with Crippen LogP contribution >= 0.6 is 11.6 Å². The molecule has 0 spiro atoms. The number of Topliss-reactive ketones (excluding diaryl/α,β-unsaturated/α-hetero) is 1. The van der Waals surface area contributed by atoms with E-state index < -0.39 is 16.4 Å².